The van der Waals surface area contributed by atoms with E-state index in [2.05, 4.69) is 17.0 Å². The molecule has 1 N–H and O–H groups in total. The van der Waals surface area contributed by atoms with Crippen molar-refractivity contribution in [3.8, 4) is 11.5 Å². The van der Waals surface area contributed by atoms with Crippen LogP contribution in [0.3, 0.4) is 0 Å². The van der Waals surface area contributed by atoms with Gasteiger partial charge < -0.3 is 14.6 Å². The summed E-state index contributed by atoms with van der Waals surface area (Å²) in [6.07, 6.45) is -0.532. The Bertz CT molecular complexity index is 542. The first-order valence-corrected chi connectivity index (χ1v) is 7.35. The number of aliphatic hydroxyl groups is 1. The number of rotatable bonds is 8. The van der Waals surface area contributed by atoms with Crippen LogP contribution in [0.15, 0.2) is 54.6 Å². The molecule has 0 aliphatic carbocycles. The first-order valence-electron chi connectivity index (χ1n) is 7.35. The number of aliphatic hydroxyl groups excluding tert-OH is 1. The van der Waals surface area contributed by atoms with E-state index in [0.717, 1.165) is 18.0 Å². The Morgan fingerprint density at radius 3 is 2.27 bits per heavy atom. The lowest BCUT2D eigenvalue weighted by molar-refractivity contribution is 0.0744. The van der Waals surface area contributed by atoms with E-state index in [1.807, 2.05) is 49.5 Å². The van der Waals surface area contributed by atoms with Crippen molar-refractivity contribution in [2.75, 3.05) is 27.3 Å². The zero-order valence-electron chi connectivity index (χ0n) is 13.1. The van der Waals surface area contributed by atoms with E-state index in [1.165, 1.54) is 5.56 Å². The summed E-state index contributed by atoms with van der Waals surface area (Å²) in [5.74, 6) is 1.51. The van der Waals surface area contributed by atoms with Gasteiger partial charge in [0.25, 0.3) is 0 Å². The second-order valence-corrected chi connectivity index (χ2v) is 5.32. The standard InChI is InChI=1S/C18H23NO3/c1-19(12-15-6-4-3-5-7-15)13-16(20)14-22-18-10-8-17(21-2)9-11-18/h3-11,16,20H,12-14H2,1-2H3. The van der Waals surface area contributed by atoms with E-state index in [0.29, 0.717) is 6.54 Å². The minimum atomic E-state index is -0.532. The summed E-state index contributed by atoms with van der Waals surface area (Å²) in [7, 11) is 3.62. The molecule has 0 saturated carbocycles. The Morgan fingerprint density at radius 1 is 1.00 bits per heavy atom. The van der Waals surface area contributed by atoms with E-state index in [1.54, 1.807) is 7.11 Å². The second-order valence-electron chi connectivity index (χ2n) is 5.32. The van der Waals surface area contributed by atoms with Gasteiger partial charge in [0.1, 0.15) is 24.2 Å². The molecule has 0 aliphatic rings. The molecule has 0 saturated heterocycles. The zero-order chi connectivity index (χ0) is 15.8. The Labute approximate surface area is 131 Å². The number of hydrogen-bond acceptors (Lipinski definition) is 4. The molecule has 0 radical (unpaired) electrons. The van der Waals surface area contributed by atoms with Gasteiger partial charge in [-0.05, 0) is 36.9 Å². The van der Waals surface area contributed by atoms with Gasteiger partial charge in [0.2, 0.25) is 0 Å². The van der Waals surface area contributed by atoms with Crippen LogP contribution < -0.4 is 9.47 Å². The maximum atomic E-state index is 10.1. The lowest BCUT2D eigenvalue weighted by Crippen LogP contribution is -2.32. The van der Waals surface area contributed by atoms with Crippen LogP contribution in [-0.2, 0) is 6.54 Å². The molecule has 2 rings (SSSR count). The van der Waals surface area contributed by atoms with Crippen molar-refractivity contribution >= 4 is 0 Å². The molecule has 1 unspecified atom stereocenters. The molecule has 0 aromatic heterocycles. The van der Waals surface area contributed by atoms with E-state index >= 15 is 0 Å². The summed E-state index contributed by atoms with van der Waals surface area (Å²) in [5.41, 5.74) is 1.23. The predicted octanol–water partition coefficient (Wildman–Crippen LogP) is 2.57. The number of likely N-dealkylation sites (N-methyl/N-ethyl adjacent to an activating group) is 1. The summed E-state index contributed by atoms with van der Waals surface area (Å²) < 4.78 is 10.7. The van der Waals surface area contributed by atoms with E-state index in [4.69, 9.17) is 9.47 Å². The highest BCUT2D eigenvalue weighted by atomic mass is 16.5. The van der Waals surface area contributed by atoms with Crippen molar-refractivity contribution in [2.24, 2.45) is 0 Å². The molecule has 0 bridgehead atoms. The highest BCUT2D eigenvalue weighted by molar-refractivity contribution is 5.31. The molecule has 0 heterocycles. The van der Waals surface area contributed by atoms with Crippen molar-refractivity contribution in [1.82, 2.24) is 4.90 Å². The van der Waals surface area contributed by atoms with Crippen molar-refractivity contribution in [2.45, 2.75) is 12.6 Å². The first-order chi connectivity index (χ1) is 10.7. The first kappa shape index (κ1) is 16.3. The normalized spacial score (nSPS) is 12.2. The molecule has 118 valence electrons. The molecule has 0 amide bonds. The van der Waals surface area contributed by atoms with E-state index in [-0.39, 0.29) is 6.61 Å². The Balaban J connectivity index is 1.73. The smallest absolute Gasteiger partial charge is 0.119 e. The third kappa shape index (κ3) is 5.39. The molecular weight excluding hydrogens is 278 g/mol. The molecule has 0 aliphatic heterocycles. The summed E-state index contributed by atoms with van der Waals surface area (Å²) in [6, 6.07) is 17.5. The van der Waals surface area contributed by atoms with E-state index < -0.39 is 6.10 Å². The third-order valence-corrected chi connectivity index (χ3v) is 3.32. The number of ether oxygens (including phenoxy) is 2. The topological polar surface area (TPSA) is 41.9 Å². The molecule has 2 aromatic rings. The highest BCUT2D eigenvalue weighted by Gasteiger charge is 2.09. The quantitative estimate of drug-likeness (QED) is 0.814. The molecule has 22 heavy (non-hydrogen) atoms. The largest absolute Gasteiger partial charge is 0.497 e. The molecule has 2 aromatic carbocycles. The van der Waals surface area contributed by atoms with Crippen molar-refractivity contribution in [3.63, 3.8) is 0 Å². The fraction of sp³-hybridized carbons (Fsp3) is 0.333. The molecule has 1 atom stereocenters. The number of nitrogens with zero attached hydrogens (tertiary/aromatic N) is 1. The van der Waals surface area contributed by atoms with E-state index in [9.17, 15) is 5.11 Å². The van der Waals surface area contributed by atoms with Crippen LogP contribution in [0.2, 0.25) is 0 Å². The lowest BCUT2D eigenvalue weighted by Gasteiger charge is -2.21. The molecule has 4 nitrogen and oxygen atoms in total. The van der Waals surface area contributed by atoms with Crippen LogP contribution in [0.4, 0.5) is 0 Å². The number of hydrogen-bond donors (Lipinski definition) is 1. The minimum absolute atomic E-state index is 0.269. The number of methoxy groups -OCH3 is 1. The van der Waals surface area contributed by atoms with Gasteiger partial charge >= 0.3 is 0 Å². The Morgan fingerprint density at radius 2 is 1.64 bits per heavy atom. The van der Waals surface area contributed by atoms with Crippen molar-refractivity contribution in [1.29, 1.82) is 0 Å². The van der Waals surface area contributed by atoms with Gasteiger partial charge in [0, 0.05) is 13.1 Å². The molecule has 0 fully saturated rings. The van der Waals surface area contributed by atoms with Gasteiger partial charge in [-0.15, -0.1) is 0 Å². The summed E-state index contributed by atoms with van der Waals surface area (Å²) in [5, 5.41) is 10.1. The summed E-state index contributed by atoms with van der Waals surface area (Å²) >= 11 is 0. The van der Waals surface area contributed by atoms with Crippen LogP contribution in [0.5, 0.6) is 11.5 Å². The van der Waals surface area contributed by atoms with Crippen LogP contribution in [0.25, 0.3) is 0 Å². The number of benzene rings is 2. The van der Waals surface area contributed by atoms with Crippen LogP contribution in [0.1, 0.15) is 5.56 Å². The fourth-order valence-electron chi connectivity index (χ4n) is 2.24. The fourth-order valence-corrected chi connectivity index (χ4v) is 2.24. The summed E-state index contributed by atoms with van der Waals surface area (Å²) in [4.78, 5) is 2.08. The predicted molar refractivity (Wildman–Crippen MR) is 87.3 cm³/mol. The van der Waals surface area contributed by atoms with Gasteiger partial charge in [-0.1, -0.05) is 30.3 Å². The third-order valence-electron chi connectivity index (χ3n) is 3.32. The maximum Gasteiger partial charge on any atom is 0.119 e. The van der Waals surface area contributed by atoms with Gasteiger partial charge in [-0.25, -0.2) is 0 Å². The zero-order valence-corrected chi connectivity index (χ0v) is 13.1. The van der Waals surface area contributed by atoms with Crippen molar-refractivity contribution < 1.29 is 14.6 Å². The molecular formula is C18H23NO3. The van der Waals surface area contributed by atoms with Gasteiger partial charge in [0.05, 0.1) is 7.11 Å². The van der Waals surface area contributed by atoms with Crippen LogP contribution in [-0.4, -0.2) is 43.4 Å². The Hall–Kier alpha value is -2.04. The van der Waals surface area contributed by atoms with Gasteiger partial charge in [-0.2, -0.15) is 0 Å². The molecule has 4 heteroatoms. The lowest BCUT2D eigenvalue weighted by atomic mass is 10.2. The monoisotopic (exact) mass is 301 g/mol. The van der Waals surface area contributed by atoms with Crippen LogP contribution >= 0.6 is 0 Å². The Kier molecular flexibility index (Phi) is 6.25. The average Bonchev–Trinajstić information content (AvgIpc) is 2.54. The average molecular weight is 301 g/mol. The summed E-state index contributed by atoms with van der Waals surface area (Å²) in [6.45, 7) is 1.64. The highest BCUT2D eigenvalue weighted by Crippen LogP contribution is 2.17. The van der Waals surface area contributed by atoms with Crippen LogP contribution in [0, 0.1) is 0 Å². The van der Waals surface area contributed by atoms with Crippen molar-refractivity contribution in [3.05, 3.63) is 60.2 Å². The maximum absolute atomic E-state index is 10.1. The second kappa shape index (κ2) is 8.41. The van der Waals surface area contributed by atoms with Gasteiger partial charge in [-0.3, -0.25) is 4.90 Å². The SMILES string of the molecule is COc1ccc(OCC(O)CN(C)Cc2ccccc2)cc1. The minimum Gasteiger partial charge on any atom is -0.497 e. The molecule has 0 spiro atoms. The van der Waals surface area contributed by atoms with Gasteiger partial charge in [0.15, 0.2) is 0 Å².